The van der Waals surface area contributed by atoms with Crippen LogP contribution in [0.4, 0.5) is 5.69 Å². The van der Waals surface area contributed by atoms with Crippen molar-refractivity contribution in [3.05, 3.63) is 28.8 Å². The van der Waals surface area contributed by atoms with Crippen LogP contribution in [0.1, 0.15) is 43.5 Å². The first-order chi connectivity index (χ1) is 9.51. The molecule has 3 atom stereocenters. The highest BCUT2D eigenvalue weighted by Crippen LogP contribution is 2.31. The minimum Gasteiger partial charge on any atom is -0.465 e. The Labute approximate surface area is 125 Å². The highest BCUT2D eigenvalue weighted by molar-refractivity contribution is 6.33. The summed E-state index contributed by atoms with van der Waals surface area (Å²) in [6.07, 6.45) is 3.71. The van der Waals surface area contributed by atoms with Crippen molar-refractivity contribution < 1.29 is 9.53 Å². The van der Waals surface area contributed by atoms with Gasteiger partial charge in [-0.25, -0.2) is 4.79 Å². The first-order valence-electron chi connectivity index (χ1n) is 7.15. The lowest BCUT2D eigenvalue weighted by molar-refractivity contribution is 0.0601. The molecule has 1 aromatic carbocycles. The molecule has 0 saturated heterocycles. The molecule has 1 saturated carbocycles. The molecule has 20 heavy (non-hydrogen) atoms. The van der Waals surface area contributed by atoms with Gasteiger partial charge in [-0.3, -0.25) is 0 Å². The van der Waals surface area contributed by atoms with Crippen molar-refractivity contribution in [1.29, 1.82) is 0 Å². The van der Waals surface area contributed by atoms with E-state index < -0.39 is 5.97 Å². The molecule has 0 heterocycles. The van der Waals surface area contributed by atoms with Crippen LogP contribution in [0.15, 0.2) is 18.2 Å². The van der Waals surface area contributed by atoms with Crippen LogP contribution in [-0.4, -0.2) is 19.1 Å². The molecular weight excluding hydrogens is 274 g/mol. The zero-order valence-corrected chi connectivity index (χ0v) is 13.0. The summed E-state index contributed by atoms with van der Waals surface area (Å²) in [7, 11) is 1.36. The first-order valence-corrected chi connectivity index (χ1v) is 7.53. The van der Waals surface area contributed by atoms with E-state index in [1.807, 2.05) is 6.07 Å². The third-order valence-corrected chi connectivity index (χ3v) is 4.51. The Bertz CT molecular complexity index is 489. The smallest absolute Gasteiger partial charge is 0.339 e. The number of hydrogen-bond donors (Lipinski definition) is 1. The summed E-state index contributed by atoms with van der Waals surface area (Å²) in [5.74, 6) is 0.989. The van der Waals surface area contributed by atoms with Crippen molar-refractivity contribution in [1.82, 2.24) is 0 Å². The SMILES string of the molecule is COC(=O)c1cc(NC2CC(C)CCC2C)ccc1Cl. The molecule has 3 unspecified atom stereocenters. The van der Waals surface area contributed by atoms with E-state index in [2.05, 4.69) is 19.2 Å². The molecular formula is C16H22ClNO2. The number of rotatable bonds is 3. The van der Waals surface area contributed by atoms with Crippen molar-refractivity contribution in [3.63, 3.8) is 0 Å². The van der Waals surface area contributed by atoms with E-state index in [1.54, 1.807) is 12.1 Å². The first kappa shape index (κ1) is 15.2. The van der Waals surface area contributed by atoms with Gasteiger partial charge < -0.3 is 10.1 Å². The van der Waals surface area contributed by atoms with E-state index in [0.29, 0.717) is 22.5 Å². The van der Waals surface area contributed by atoms with Crippen molar-refractivity contribution in [2.75, 3.05) is 12.4 Å². The van der Waals surface area contributed by atoms with Crippen LogP contribution in [0.5, 0.6) is 0 Å². The monoisotopic (exact) mass is 295 g/mol. The Hall–Kier alpha value is -1.22. The molecule has 0 aliphatic heterocycles. The Morgan fingerprint density at radius 2 is 2.10 bits per heavy atom. The van der Waals surface area contributed by atoms with Crippen molar-refractivity contribution in [2.24, 2.45) is 11.8 Å². The van der Waals surface area contributed by atoms with Crippen molar-refractivity contribution >= 4 is 23.3 Å². The third kappa shape index (κ3) is 3.45. The van der Waals surface area contributed by atoms with Gasteiger partial charge in [0.25, 0.3) is 0 Å². The minimum absolute atomic E-state index is 0.399. The molecule has 0 radical (unpaired) electrons. The number of esters is 1. The number of nitrogens with one attached hydrogen (secondary N) is 1. The summed E-state index contributed by atoms with van der Waals surface area (Å²) >= 11 is 6.04. The fourth-order valence-electron chi connectivity index (χ4n) is 2.83. The molecule has 1 aliphatic carbocycles. The zero-order chi connectivity index (χ0) is 14.7. The number of hydrogen-bond acceptors (Lipinski definition) is 3. The maximum Gasteiger partial charge on any atom is 0.339 e. The number of benzene rings is 1. The second kappa shape index (κ2) is 6.49. The molecule has 2 rings (SSSR count). The minimum atomic E-state index is -0.399. The standard InChI is InChI=1S/C16H22ClNO2/c1-10-4-5-11(2)15(8-10)18-12-6-7-14(17)13(9-12)16(19)20-3/h6-7,9-11,15,18H,4-5,8H2,1-3H3. The predicted molar refractivity (Wildman–Crippen MR) is 82.4 cm³/mol. The molecule has 0 aromatic heterocycles. The van der Waals surface area contributed by atoms with Gasteiger partial charge in [-0.1, -0.05) is 31.9 Å². The topological polar surface area (TPSA) is 38.3 Å². The molecule has 0 amide bonds. The second-order valence-corrected chi connectivity index (χ2v) is 6.24. The second-order valence-electron chi connectivity index (χ2n) is 5.83. The van der Waals surface area contributed by atoms with Crippen LogP contribution in [0.3, 0.4) is 0 Å². The van der Waals surface area contributed by atoms with Gasteiger partial charge in [0.15, 0.2) is 0 Å². The number of methoxy groups -OCH3 is 1. The van der Waals surface area contributed by atoms with Gasteiger partial charge in [-0.2, -0.15) is 0 Å². The largest absolute Gasteiger partial charge is 0.465 e. The lowest BCUT2D eigenvalue weighted by Gasteiger charge is -2.34. The molecule has 1 aliphatic rings. The third-order valence-electron chi connectivity index (χ3n) is 4.18. The summed E-state index contributed by atoms with van der Waals surface area (Å²) < 4.78 is 4.75. The van der Waals surface area contributed by atoms with Gasteiger partial charge in [0, 0.05) is 11.7 Å². The molecule has 3 nitrogen and oxygen atoms in total. The lowest BCUT2D eigenvalue weighted by Crippen LogP contribution is -2.33. The highest BCUT2D eigenvalue weighted by Gasteiger charge is 2.25. The summed E-state index contributed by atoms with van der Waals surface area (Å²) in [5.41, 5.74) is 1.34. The number of anilines is 1. The summed E-state index contributed by atoms with van der Waals surface area (Å²) in [6, 6.07) is 5.89. The van der Waals surface area contributed by atoms with Crippen LogP contribution in [0.25, 0.3) is 0 Å². The Balaban J connectivity index is 2.15. The van der Waals surface area contributed by atoms with Gasteiger partial charge in [-0.15, -0.1) is 0 Å². The van der Waals surface area contributed by atoms with Crippen LogP contribution in [-0.2, 0) is 4.74 Å². The van der Waals surface area contributed by atoms with Gasteiger partial charge in [0.05, 0.1) is 17.7 Å². The lowest BCUT2D eigenvalue weighted by atomic mass is 9.80. The van der Waals surface area contributed by atoms with Crippen LogP contribution in [0, 0.1) is 11.8 Å². The molecule has 0 spiro atoms. The quantitative estimate of drug-likeness (QED) is 0.842. The summed E-state index contributed by atoms with van der Waals surface area (Å²) in [5, 5.41) is 3.96. The zero-order valence-electron chi connectivity index (χ0n) is 12.3. The Morgan fingerprint density at radius 1 is 1.35 bits per heavy atom. The number of carbonyl (C=O) groups is 1. The van der Waals surface area contributed by atoms with E-state index >= 15 is 0 Å². The van der Waals surface area contributed by atoms with E-state index in [1.165, 1.54) is 20.0 Å². The van der Waals surface area contributed by atoms with Crippen molar-refractivity contribution in [3.8, 4) is 0 Å². The normalized spacial score (nSPS) is 26.1. The maximum absolute atomic E-state index is 11.7. The summed E-state index contributed by atoms with van der Waals surface area (Å²) in [4.78, 5) is 11.7. The molecule has 1 fully saturated rings. The van der Waals surface area contributed by atoms with E-state index in [0.717, 1.165) is 18.0 Å². The van der Waals surface area contributed by atoms with Crippen LogP contribution in [0.2, 0.25) is 5.02 Å². The van der Waals surface area contributed by atoms with Gasteiger partial charge >= 0.3 is 5.97 Å². The van der Waals surface area contributed by atoms with Gasteiger partial charge in [0.2, 0.25) is 0 Å². The maximum atomic E-state index is 11.7. The number of ether oxygens (including phenoxy) is 1. The number of carbonyl (C=O) groups excluding carboxylic acids is 1. The number of halogens is 1. The fourth-order valence-corrected chi connectivity index (χ4v) is 3.02. The molecule has 1 aromatic rings. The average molecular weight is 296 g/mol. The molecule has 110 valence electrons. The Morgan fingerprint density at radius 3 is 2.80 bits per heavy atom. The fraction of sp³-hybridized carbons (Fsp3) is 0.562. The van der Waals surface area contributed by atoms with Gasteiger partial charge in [-0.05, 0) is 42.9 Å². The Kier molecular flexibility index (Phi) is 4.92. The van der Waals surface area contributed by atoms with E-state index in [-0.39, 0.29) is 0 Å². The molecule has 0 bridgehead atoms. The van der Waals surface area contributed by atoms with E-state index in [4.69, 9.17) is 16.3 Å². The molecule has 4 heteroatoms. The molecule has 1 N–H and O–H groups in total. The van der Waals surface area contributed by atoms with Crippen LogP contribution >= 0.6 is 11.6 Å². The van der Waals surface area contributed by atoms with Crippen molar-refractivity contribution in [2.45, 2.75) is 39.2 Å². The van der Waals surface area contributed by atoms with Gasteiger partial charge in [0.1, 0.15) is 0 Å². The predicted octanol–water partition coefficient (Wildman–Crippen LogP) is 4.36. The van der Waals surface area contributed by atoms with Crippen LogP contribution < -0.4 is 5.32 Å². The highest BCUT2D eigenvalue weighted by atomic mass is 35.5. The average Bonchev–Trinajstić information content (AvgIpc) is 2.44. The summed E-state index contributed by atoms with van der Waals surface area (Å²) in [6.45, 7) is 4.57. The van der Waals surface area contributed by atoms with E-state index in [9.17, 15) is 4.79 Å².